The normalized spacial score (nSPS) is 10.2. The molecule has 2 aromatic carbocycles. The maximum Gasteiger partial charge on any atom is 0.262 e. The van der Waals surface area contributed by atoms with E-state index < -0.39 is 17.5 Å². The molecule has 2 N–H and O–H groups in total. The molecule has 2 amide bonds. The lowest BCUT2D eigenvalue weighted by Crippen LogP contribution is -2.32. The molecule has 6 nitrogen and oxygen atoms in total. The van der Waals surface area contributed by atoms with Gasteiger partial charge in [0.25, 0.3) is 11.8 Å². The standard InChI is InChI=1S/C20H19ClF2N2O4/c1-13(25-20(27)12-29-16-6-7-17(21)18(23)10-16)8-9-24-19(26)11-28-15-4-2-14(22)3-5-15/h2-7,10H,1,8-9,11-12H2,(H,24,26)(H,25,27). The van der Waals surface area contributed by atoms with Crippen LogP contribution in [0.1, 0.15) is 6.42 Å². The molecule has 0 spiro atoms. The number of nitrogens with one attached hydrogen (secondary N) is 2. The molecule has 0 atom stereocenters. The second kappa shape index (κ2) is 11.0. The summed E-state index contributed by atoms with van der Waals surface area (Å²) in [6.07, 6.45) is 0.295. The molecule has 2 aromatic rings. The molecule has 0 radical (unpaired) electrons. The number of carbonyl (C=O) groups excluding carboxylic acids is 2. The first-order valence-corrected chi connectivity index (χ1v) is 8.92. The van der Waals surface area contributed by atoms with Gasteiger partial charge in [-0.05, 0) is 36.4 Å². The number of hydrogen-bond donors (Lipinski definition) is 2. The van der Waals surface area contributed by atoms with Gasteiger partial charge in [-0.1, -0.05) is 18.2 Å². The zero-order valence-corrected chi connectivity index (χ0v) is 16.1. The molecule has 154 valence electrons. The minimum atomic E-state index is -0.645. The van der Waals surface area contributed by atoms with Gasteiger partial charge < -0.3 is 20.1 Å². The van der Waals surface area contributed by atoms with Gasteiger partial charge in [0.1, 0.15) is 23.1 Å². The van der Waals surface area contributed by atoms with E-state index >= 15 is 0 Å². The van der Waals surface area contributed by atoms with Crippen LogP contribution in [0.4, 0.5) is 8.78 Å². The van der Waals surface area contributed by atoms with Gasteiger partial charge in [-0.15, -0.1) is 0 Å². The van der Waals surface area contributed by atoms with Crippen molar-refractivity contribution in [2.24, 2.45) is 0 Å². The highest BCUT2D eigenvalue weighted by Gasteiger charge is 2.08. The van der Waals surface area contributed by atoms with E-state index in [0.717, 1.165) is 6.07 Å². The van der Waals surface area contributed by atoms with Crippen LogP contribution in [0.2, 0.25) is 5.02 Å². The molecular formula is C20H19ClF2N2O4. The third-order valence-corrected chi connectivity index (χ3v) is 3.82. The third kappa shape index (κ3) is 8.18. The molecule has 0 unspecified atom stereocenters. The van der Waals surface area contributed by atoms with Crippen molar-refractivity contribution in [3.8, 4) is 11.5 Å². The van der Waals surface area contributed by atoms with Crippen LogP contribution in [0, 0.1) is 11.6 Å². The third-order valence-electron chi connectivity index (χ3n) is 3.51. The molecule has 0 aliphatic rings. The zero-order chi connectivity index (χ0) is 21.2. The smallest absolute Gasteiger partial charge is 0.262 e. The van der Waals surface area contributed by atoms with Crippen LogP contribution in [0.3, 0.4) is 0 Å². The quantitative estimate of drug-likeness (QED) is 0.614. The fourth-order valence-electron chi connectivity index (χ4n) is 2.09. The van der Waals surface area contributed by atoms with Crippen LogP contribution in [0.25, 0.3) is 0 Å². The average molecular weight is 425 g/mol. The number of rotatable bonds is 10. The fraction of sp³-hybridized carbons (Fsp3) is 0.200. The summed E-state index contributed by atoms with van der Waals surface area (Å²) in [5.41, 5.74) is 0.376. The van der Waals surface area contributed by atoms with Crippen molar-refractivity contribution in [2.45, 2.75) is 6.42 Å². The number of amides is 2. The Labute approximate surface area is 171 Å². The van der Waals surface area contributed by atoms with Gasteiger partial charge in [-0.3, -0.25) is 9.59 Å². The van der Waals surface area contributed by atoms with Crippen molar-refractivity contribution in [3.05, 3.63) is 71.4 Å². The van der Waals surface area contributed by atoms with Gasteiger partial charge in [-0.25, -0.2) is 8.78 Å². The summed E-state index contributed by atoms with van der Waals surface area (Å²) in [6.45, 7) is 3.36. The van der Waals surface area contributed by atoms with Crippen LogP contribution < -0.4 is 20.1 Å². The van der Waals surface area contributed by atoms with E-state index in [1.54, 1.807) is 0 Å². The minimum absolute atomic E-state index is 0.0414. The van der Waals surface area contributed by atoms with Gasteiger partial charge in [0.05, 0.1) is 5.02 Å². The highest BCUT2D eigenvalue weighted by molar-refractivity contribution is 6.30. The fourth-order valence-corrected chi connectivity index (χ4v) is 2.21. The van der Waals surface area contributed by atoms with Gasteiger partial charge in [0, 0.05) is 24.7 Å². The molecule has 0 aliphatic carbocycles. The first-order chi connectivity index (χ1) is 13.8. The molecule has 2 rings (SSSR count). The number of halogens is 3. The van der Waals surface area contributed by atoms with Gasteiger partial charge in [-0.2, -0.15) is 0 Å². The van der Waals surface area contributed by atoms with E-state index in [0.29, 0.717) is 17.9 Å². The molecule has 0 saturated carbocycles. The predicted octanol–water partition coefficient (Wildman–Crippen LogP) is 3.21. The monoisotopic (exact) mass is 424 g/mol. The minimum Gasteiger partial charge on any atom is -0.484 e. The summed E-state index contributed by atoms with van der Waals surface area (Å²) in [4.78, 5) is 23.5. The summed E-state index contributed by atoms with van der Waals surface area (Å²) in [7, 11) is 0. The summed E-state index contributed by atoms with van der Waals surface area (Å²) >= 11 is 5.57. The Morgan fingerprint density at radius 1 is 0.966 bits per heavy atom. The van der Waals surface area contributed by atoms with Crippen molar-refractivity contribution in [1.29, 1.82) is 0 Å². The van der Waals surface area contributed by atoms with Crippen molar-refractivity contribution in [3.63, 3.8) is 0 Å². The second-order valence-electron chi connectivity index (χ2n) is 5.86. The first kappa shape index (κ1) is 22.2. The highest BCUT2D eigenvalue weighted by Crippen LogP contribution is 2.20. The van der Waals surface area contributed by atoms with Gasteiger partial charge >= 0.3 is 0 Å². The second-order valence-corrected chi connectivity index (χ2v) is 6.27. The lowest BCUT2D eigenvalue weighted by molar-refractivity contribution is -0.123. The van der Waals surface area contributed by atoms with E-state index in [1.807, 2.05) is 0 Å². The SMILES string of the molecule is C=C(CCNC(=O)COc1ccc(F)cc1)NC(=O)COc1ccc(Cl)c(F)c1. The Kier molecular flexibility index (Phi) is 8.42. The Balaban J connectivity index is 1.60. The largest absolute Gasteiger partial charge is 0.484 e. The Morgan fingerprint density at radius 3 is 2.28 bits per heavy atom. The first-order valence-electron chi connectivity index (χ1n) is 8.54. The maximum atomic E-state index is 13.3. The topological polar surface area (TPSA) is 76.7 Å². The number of hydrogen-bond acceptors (Lipinski definition) is 4. The van der Waals surface area contributed by atoms with Crippen LogP contribution in [0.5, 0.6) is 11.5 Å². The molecule has 0 bridgehead atoms. The molecular weight excluding hydrogens is 406 g/mol. The van der Waals surface area contributed by atoms with Crippen LogP contribution >= 0.6 is 11.6 Å². The summed E-state index contributed by atoms with van der Waals surface area (Å²) in [5, 5.41) is 5.08. The predicted molar refractivity (Wildman–Crippen MR) is 104 cm³/mol. The summed E-state index contributed by atoms with van der Waals surface area (Å²) in [6, 6.07) is 9.14. The van der Waals surface area contributed by atoms with E-state index in [1.165, 1.54) is 36.4 Å². The van der Waals surface area contributed by atoms with E-state index in [-0.39, 0.29) is 36.4 Å². The van der Waals surface area contributed by atoms with Crippen LogP contribution in [-0.4, -0.2) is 31.6 Å². The van der Waals surface area contributed by atoms with E-state index in [4.69, 9.17) is 21.1 Å². The average Bonchev–Trinajstić information content (AvgIpc) is 2.68. The van der Waals surface area contributed by atoms with Crippen molar-refractivity contribution >= 4 is 23.4 Å². The lowest BCUT2D eigenvalue weighted by Gasteiger charge is -2.11. The molecule has 0 aliphatic heterocycles. The molecule has 0 saturated heterocycles. The molecule has 0 aromatic heterocycles. The zero-order valence-electron chi connectivity index (χ0n) is 15.3. The van der Waals surface area contributed by atoms with Crippen molar-refractivity contribution in [1.82, 2.24) is 10.6 Å². The van der Waals surface area contributed by atoms with Crippen molar-refractivity contribution in [2.75, 3.05) is 19.8 Å². The van der Waals surface area contributed by atoms with E-state index in [2.05, 4.69) is 17.2 Å². The molecule has 9 heteroatoms. The van der Waals surface area contributed by atoms with Gasteiger partial charge in [0.15, 0.2) is 13.2 Å². The number of benzene rings is 2. The number of carbonyl (C=O) groups is 2. The Bertz CT molecular complexity index is 875. The Morgan fingerprint density at radius 2 is 1.59 bits per heavy atom. The highest BCUT2D eigenvalue weighted by atomic mass is 35.5. The Hall–Kier alpha value is -3.13. The van der Waals surface area contributed by atoms with Gasteiger partial charge in [0.2, 0.25) is 0 Å². The maximum absolute atomic E-state index is 13.3. The van der Waals surface area contributed by atoms with Crippen molar-refractivity contribution < 1.29 is 27.8 Å². The van der Waals surface area contributed by atoms with Crippen LogP contribution in [-0.2, 0) is 9.59 Å². The molecule has 0 fully saturated rings. The lowest BCUT2D eigenvalue weighted by atomic mass is 10.3. The van der Waals surface area contributed by atoms with E-state index in [9.17, 15) is 18.4 Å². The molecule has 0 heterocycles. The number of ether oxygens (including phenoxy) is 2. The summed E-state index contributed by atoms with van der Waals surface area (Å²) < 4.78 is 36.5. The molecule has 29 heavy (non-hydrogen) atoms. The summed E-state index contributed by atoms with van der Waals surface area (Å²) in [5.74, 6) is -1.35. The van der Waals surface area contributed by atoms with Crippen LogP contribution in [0.15, 0.2) is 54.7 Å².